The molecule has 5 rings (SSSR count). The van der Waals surface area contributed by atoms with Crippen molar-refractivity contribution in [3.05, 3.63) is 72.3 Å². The second-order valence-corrected chi connectivity index (χ2v) is 11.6. The number of anilines is 2. The minimum atomic E-state index is -4.76. The number of carboxylic acid groups (broad SMARTS) is 1. The highest BCUT2D eigenvalue weighted by Crippen LogP contribution is 2.41. The van der Waals surface area contributed by atoms with Gasteiger partial charge in [-0.25, -0.2) is 8.42 Å². The van der Waals surface area contributed by atoms with Crippen molar-refractivity contribution in [3.8, 4) is 28.6 Å². The van der Waals surface area contributed by atoms with Gasteiger partial charge in [0, 0.05) is 31.8 Å². The zero-order valence-electron chi connectivity index (χ0n) is 22.4. The lowest BCUT2D eigenvalue weighted by molar-refractivity contribution is -0.138. The Kier molecular flexibility index (Phi) is 7.58. The third kappa shape index (κ3) is 5.75. The van der Waals surface area contributed by atoms with E-state index >= 15 is 0 Å². The Balaban J connectivity index is 1.56. The average Bonchev–Trinajstić information content (AvgIpc) is 3.45. The first-order valence-corrected chi connectivity index (χ1v) is 14.1. The van der Waals surface area contributed by atoms with Gasteiger partial charge in [-0.2, -0.15) is 18.2 Å². The van der Waals surface area contributed by atoms with E-state index in [2.05, 4.69) is 10.1 Å². The van der Waals surface area contributed by atoms with Crippen molar-refractivity contribution < 1.29 is 40.8 Å². The van der Waals surface area contributed by atoms with Crippen LogP contribution in [0.1, 0.15) is 18.4 Å². The van der Waals surface area contributed by atoms with Crippen molar-refractivity contribution in [1.29, 1.82) is 0 Å². The van der Waals surface area contributed by atoms with E-state index in [1.807, 2.05) is 43.3 Å². The maximum atomic E-state index is 13.8. The number of aromatic nitrogens is 2. The molecule has 42 heavy (non-hydrogen) atoms. The number of carbonyl (C=O) groups is 1. The molecule has 0 amide bonds. The molecular weight excluding hydrogens is 577 g/mol. The van der Waals surface area contributed by atoms with Gasteiger partial charge >= 0.3 is 12.1 Å². The Bertz CT molecular complexity index is 1740. The molecule has 14 heteroatoms. The van der Waals surface area contributed by atoms with Crippen molar-refractivity contribution in [2.45, 2.75) is 30.0 Å². The van der Waals surface area contributed by atoms with Crippen molar-refractivity contribution in [3.63, 3.8) is 0 Å². The molecule has 0 radical (unpaired) electrons. The highest BCUT2D eigenvalue weighted by atomic mass is 32.2. The predicted octanol–water partition coefficient (Wildman–Crippen LogP) is 5.31. The van der Waals surface area contributed by atoms with Crippen molar-refractivity contribution in [2.75, 3.05) is 29.8 Å². The van der Waals surface area contributed by atoms with Crippen molar-refractivity contribution >= 4 is 27.4 Å². The van der Waals surface area contributed by atoms with Gasteiger partial charge in [0.25, 0.3) is 15.9 Å². The number of rotatable bonds is 8. The van der Waals surface area contributed by atoms with Gasteiger partial charge in [-0.1, -0.05) is 23.4 Å². The van der Waals surface area contributed by atoms with Gasteiger partial charge in [0.1, 0.15) is 11.9 Å². The molecule has 1 aromatic heterocycles. The number of fused-ring (bicyclic) bond motifs is 1. The number of carboxylic acids is 1. The second kappa shape index (κ2) is 11.0. The summed E-state index contributed by atoms with van der Waals surface area (Å²) in [5, 5.41) is 13.2. The molecule has 1 aliphatic rings. The van der Waals surface area contributed by atoms with Crippen LogP contribution < -0.4 is 13.9 Å². The van der Waals surface area contributed by atoms with E-state index in [0.29, 0.717) is 17.2 Å². The molecule has 1 atom stereocenters. The number of ether oxygens (including phenoxy) is 1. The van der Waals surface area contributed by atoms with Crippen LogP contribution in [-0.4, -0.2) is 56.4 Å². The molecule has 10 nitrogen and oxygen atoms in total. The van der Waals surface area contributed by atoms with Crippen LogP contribution in [0.15, 0.2) is 76.1 Å². The van der Waals surface area contributed by atoms with Gasteiger partial charge < -0.3 is 19.3 Å². The summed E-state index contributed by atoms with van der Waals surface area (Å²) in [5.41, 5.74) is 0.792. The first-order valence-electron chi connectivity index (χ1n) is 12.7. The van der Waals surface area contributed by atoms with Crippen LogP contribution in [0, 0.1) is 0 Å². The van der Waals surface area contributed by atoms with E-state index < -0.39 is 38.7 Å². The lowest BCUT2D eigenvalue weighted by Gasteiger charge is -2.35. The number of sulfonamides is 1. The molecule has 1 N–H and O–H groups in total. The van der Waals surface area contributed by atoms with E-state index in [4.69, 9.17) is 14.4 Å². The lowest BCUT2D eigenvalue weighted by Crippen LogP contribution is -2.43. The van der Waals surface area contributed by atoms with Gasteiger partial charge in [-0.05, 0) is 55.0 Å². The summed E-state index contributed by atoms with van der Waals surface area (Å²) in [6.07, 6.45) is -5.94. The van der Waals surface area contributed by atoms with Crippen LogP contribution in [-0.2, 0) is 21.0 Å². The molecular formula is C28H25F3N4O6S. The minimum absolute atomic E-state index is 0.0232. The summed E-state index contributed by atoms with van der Waals surface area (Å²) >= 11 is 0. The molecule has 0 fully saturated rings. The molecule has 0 spiro atoms. The maximum absolute atomic E-state index is 13.8. The third-order valence-corrected chi connectivity index (χ3v) is 8.40. The fourth-order valence-corrected chi connectivity index (χ4v) is 6.11. The summed E-state index contributed by atoms with van der Waals surface area (Å²) in [6.45, 7) is -0.323. The van der Waals surface area contributed by atoms with Gasteiger partial charge in [-0.15, -0.1) is 0 Å². The first kappa shape index (κ1) is 28.9. The molecule has 3 aromatic carbocycles. The van der Waals surface area contributed by atoms with Crippen LogP contribution in [0.25, 0.3) is 22.8 Å². The molecule has 0 bridgehead atoms. The number of hydrogen-bond donors (Lipinski definition) is 1. The summed E-state index contributed by atoms with van der Waals surface area (Å²) in [4.78, 5) is 17.0. The fourth-order valence-electron chi connectivity index (χ4n) is 4.57. The Morgan fingerprint density at radius 2 is 1.86 bits per heavy atom. The van der Waals surface area contributed by atoms with Gasteiger partial charge in [-0.3, -0.25) is 9.10 Å². The second-order valence-electron chi connectivity index (χ2n) is 9.75. The zero-order valence-corrected chi connectivity index (χ0v) is 23.2. The number of para-hydroxylation sites is 1. The summed E-state index contributed by atoms with van der Waals surface area (Å²) in [6, 6.07) is 15.3. The minimum Gasteiger partial charge on any atom is -0.486 e. The topological polar surface area (TPSA) is 126 Å². The highest BCUT2D eigenvalue weighted by molar-refractivity contribution is 7.92. The third-order valence-electron chi connectivity index (χ3n) is 6.62. The van der Waals surface area contributed by atoms with E-state index in [1.54, 1.807) is 6.07 Å². The average molecular weight is 603 g/mol. The molecule has 0 saturated heterocycles. The van der Waals surface area contributed by atoms with E-state index in [-0.39, 0.29) is 42.5 Å². The van der Waals surface area contributed by atoms with Crippen molar-refractivity contribution in [2.24, 2.45) is 0 Å². The normalized spacial score (nSPS) is 15.2. The summed E-state index contributed by atoms with van der Waals surface area (Å²) in [5.74, 6) is -0.621. The molecule has 1 aliphatic heterocycles. The largest absolute Gasteiger partial charge is 0.486 e. The molecule has 2 heterocycles. The number of halogens is 3. The monoisotopic (exact) mass is 602 g/mol. The fraction of sp³-hybridized carbons (Fsp3) is 0.250. The lowest BCUT2D eigenvalue weighted by atomic mass is 10.1. The highest BCUT2D eigenvalue weighted by Gasteiger charge is 2.37. The molecule has 4 aromatic rings. The van der Waals surface area contributed by atoms with Crippen LogP contribution >= 0.6 is 0 Å². The van der Waals surface area contributed by atoms with E-state index in [0.717, 1.165) is 28.2 Å². The Labute approximate surface area is 239 Å². The van der Waals surface area contributed by atoms with Crippen LogP contribution in [0.4, 0.5) is 24.5 Å². The van der Waals surface area contributed by atoms with Crippen molar-refractivity contribution in [1.82, 2.24) is 10.1 Å². The standard InChI is InChI=1S/C28H25F3N4O6S/c1-34(2)22-9-4-3-8-21(22)27-32-26(33-41-27)17-10-12-24-23(14-17)35(16-19(40-24)11-13-25(36)37)42(38,39)20-7-5-6-18(15-20)28(29,30)31/h3-10,12,14-15,19H,11,13,16H2,1-2H3,(H,36,37). The van der Waals surface area contributed by atoms with Gasteiger partial charge in [0.05, 0.1) is 28.3 Å². The van der Waals surface area contributed by atoms with Crippen LogP contribution in [0.2, 0.25) is 0 Å². The van der Waals surface area contributed by atoms with Crippen LogP contribution in [0.5, 0.6) is 5.75 Å². The number of hydrogen-bond acceptors (Lipinski definition) is 8. The Hall–Kier alpha value is -4.59. The number of alkyl halides is 3. The molecule has 0 saturated carbocycles. The number of aliphatic carboxylic acids is 1. The zero-order chi connectivity index (χ0) is 30.2. The quantitative estimate of drug-likeness (QED) is 0.286. The number of benzene rings is 3. The van der Waals surface area contributed by atoms with E-state index in [9.17, 15) is 26.4 Å². The van der Waals surface area contributed by atoms with Gasteiger partial charge in [0.15, 0.2) is 0 Å². The SMILES string of the molecule is CN(C)c1ccccc1-c1nc(-c2ccc3c(c2)N(S(=O)(=O)c2cccc(C(F)(F)F)c2)CC(CCC(=O)O)O3)no1. The molecule has 1 unspecified atom stereocenters. The summed E-state index contributed by atoms with van der Waals surface area (Å²) < 4.78 is 80.1. The molecule has 220 valence electrons. The summed E-state index contributed by atoms with van der Waals surface area (Å²) in [7, 11) is -0.818. The van der Waals surface area contributed by atoms with Crippen LogP contribution in [0.3, 0.4) is 0 Å². The van der Waals surface area contributed by atoms with Gasteiger partial charge in [0.2, 0.25) is 5.82 Å². The number of nitrogens with zero attached hydrogens (tertiary/aromatic N) is 4. The maximum Gasteiger partial charge on any atom is 0.416 e. The predicted molar refractivity (Wildman–Crippen MR) is 147 cm³/mol. The smallest absolute Gasteiger partial charge is 0.416 e. The van der Waals surface area contributed by atoms with E-state index in [1.165, 1.54) is 12.1 Å². The Morgan fingerprint density at radius 3 is 2.57 bits per heavy atom. The Morgan fingerprint density at radius 1 is 1.10 bits per heavy atom. The first-order chi connectivity index (χ1) is 19.8. The molecule has 0 aliphatic carbocycles.